The number of benzene rings is 1. The van der Waals surface area contributed by atoms with Gasteiger partial charge in [-0.3, -0.25) is 0 Å². The quantitative estimate of drug-likeness (QED) is 0.915. The first-order chi connectivity index (χ1) is 9.52. The number of aromatic nitrogens is 2. The summed E-state index contributed by atoms with van der Waals surface area (Å²) in [5, 5.41) is 3.10. The van der Waals surface area contributed by atoms with Crippen LogP contribution in [0.15, 0.2) is 18.3 Å². The Morgan fingerprint density at radius 3 is 2.45 bits per heavy atom. The molecule has 0 atom stereocenters. The second kappa shape index (κ2) is 5.90. The molecule has 0 unspecified atom stereocenters. The Bertz CT molecular complexity index is 623. The zero-order valence-corrected chi connectivity index (χ0v) is 12.7. The van der Waals surface area contributed by atoms with Crippen molar-refractivity contribution in [2.45, 2.75) is 34.6 Å². The van der Waals surface area contributed by atoms with Crippen molar-refractivity contribution in [3.05, 3.63) is 40.6 Å². The fourth-order valence-corrected chi connectivity index (χ4v) is 1.95. The summed E-state index contributed by atoms with van der Waals surface area (Å²) < 4.78 is 6.05. The van der Waals surface area contributed by atoms with E-state index in [0.717, 1.165) is 29.0 Å². The van der Waals surface area contributed by atoms with Gasteiger partial charge in [-0.1, -0.05) is 12.1 Å². The maximum atomic E-state index is 6.05. The van der Waals surface area contributed by atoms with Gasteiger partial charge in [0.15, 0.2) is 0 Å². The molecule has 0 saturated heterocycles. The van der Waals surface area contributed by atoms with E-state index in [2.05, 4.69) is 41.3 Å². The smallest absolute Gasteiger partial charge is 0.226 e. The number of ether oxygens (including phenoxy) is 1. The Hall–Kier alpha value is -2.10. The summed E-state index contributed by atoms with van der Waals surface area (Å²) in [6, 6.07) is 4.17. The molecule has 4 heteroatoms. The van der Waals surface area contributed by atoms with E-state index in [0.29, 0.717) is 11.8 Å². The largest absolute Gasteiger partial charge is 0.438 e. The second-order valence-corrected chi connectivity index (χ2v) is 4.97. The van der Waals surface area contributed by atoms with Gasteiger partial charge in [0.25, 0.3) is 0 Å². The van der Waals surface area contributed by atoms with Crippen LogP contribution in [0.3, 0.4) is 0 Å². The Morgan fingerprint density at radius 2 is 1.75 bits per heavy atom. The molecule has 4 nitrogen and oxygen atoms in total. The molecule has 20 heavy (non-hydrogen) atoms. The lowest BCUT2D eigenvalue weighted by Crippen LogP contribution is -2.04. The number of anilines is 1. The van der Waals surface area contributed by atoms with Crippen molar-refractivity contribution in [1.82, 2.24) is 9.97 Å². The first-order valence-electron chi connectivity index (χ1n) is 6.85. The average molecular weight is 271 g/mol. The molecule has 0 aliphatic heterocycles. The van der Waals surface area contributed by atoms with Crippen LogP contribution < -0.4 is 10.1 Å². The van der Waals surface area contributed by atoms with Crippen molar-refractivity contribution >= 4 is 5.95 Å². The van der Waals surface area contributed by atoms with E-state index in [1.807, 2.05) is 20.8 Å². The van der Waals surface area contributed by atoms with Crippen LogP contribution >= 0.6 is 0 Å². The van der Waals surface area contributed by atoms with Crippen LogP contribution in [-0.2, 0) is 0 Å². The van der Waals surface area contributed by atoms with Crippen LogP contribution in [0.2, 0.25) is 0 Å². The van der Waals surface area contributed by atoms with E-state index >= 15 is 0 Å². The van der Waals surface area contributed by atoms with Gasteiger partial charge in [-0.25, -0.2) is 4.98 Å². The number of aryl methyl sites for hydroxylation is 3. The number of rotatable bonds is 4. The maximum absolute atomic E-state index is 6.05. The molecule has 0 fully saturated rings. The van der Waals surface area contributed by atoms with E-state index in [1.54, 1.807) is 6.20 Å². The van der Waals surface area contributed by atoms with E-state index in [9.17, 15) is 0 Å². The highest BCUT2D eigenvalue weighted by Crippen LogP contribution is 2.31. The number of hydrogen-bond donors (Lipinski definition) is 1. The summed E-state index contributed by atoms with van der Waals surface area (Å²) in [4.78, 5) is 8.66. The zero-order valence-electron chi connectivity index (χ0n) is 12.7. The third-order valence-corrected chi connectivity index (χ3v) is 3.33. The summed E-state index contributed by atoms with van der Waals surface area (Å²) in [6.45, 7) is 10.9. The first-order valence-corrected chi connectivity index (χ1v) is 6.85. The summed E-state index contributed by atoms with van der Waals surface area (Å²) >= 11 is 0. The van der Waals surface area contributed by atoms with Gasteiger partial charge in [-0.2, -0.15) is 4.98 Å². The normalized spacial score (nSPS) is 10.4. The predicted molar refractivity (Wildman–Crippen MR) is 81.7 cm³/mol. The van der Waals surface area contributed by atoms with E-state index in [1.165, 1.54) is 5.56 Å². The molecule has 0 bridgehead atoms. The van der Waals surface area contributed by atoms with Crippen LogP contribution in [0, 0.1) is 27.7 Å². The topological polar surface area (TPSA) is 47.0 Å². The van der Waals surface area contributed by atoms with Crippen molar-refractivity contribution < 1.29 is 4.74 Å². The molecule has 0 radical (unpaired) electrons. The SMILES string of the molecule is CCNc1ncc(C)c(Oc2c(C)ccc(C)c2C)n1. The lowest BCUT2D eigenvalue weighted by Gasteiger charge is -2.14. The van der Waals surface area contributed by atoms with Crippen LogP contribution in [-0.4, -0.2) is 16.5 Å². The zero-order chi connectivity index (χ0) is 14.7. The highest BCUT2D eigenvalue weighted by molar-refractivity contribution is 5.47. The molecule has 0 aliphatic carbocycles. The highest BCUT2D eigenvalue weighted by Gasteiger charge is 2.11. The Labute approximate surface area is 120 Å². The van der Waals surface area contributed by atoms with Crippen LogP contribution in [0.1, 0.15) is 29.2 Å². The van der Waals surface area contributed by atoms with Gasteiger partial charge >= 0.3 is 0 Å². The summed E-state index contributed by atoms with van der Waals surface area (Å²) in [7, 11) is 0. The minimum atomic E-state index is 0.594. The molecule has 1 heterocycles. The standard InChI is InChI=1S/C16H21N3O/c1-6-17-16-18-9-12(4)15(19-16)20-14-11(3)8-7-10(2)13(14)5/h7-9H,6H2,1-5H3,(H,17,18,19). The van der Waals surface area contributed by atoms with Crippen molar-refractivity contribution in [3.8, 4) is 11.6 Å². The third-order valence-electron chi connectivity index (χ3n) is 3.33. The van der Waals surface area contributed by atoms with E-state index in [-0.39, 0.29) is 0 Å². The number of nitrogens with one attached hydrogen (secondary N) is 1. The van der Waals surface area contributed by atoms with E-state index in [4.69, 9.17) is 4.74 Å². The summed E-state index contributed by atoms with van der Waals surface area (Å²) in [5.74, 6) is 2.08. The number of hydrogen-bond acceptors (Lipinski definition) is 4. The summed E-state index contributed by atoms with van der Waals surface area (Å²) in [6.07, 6.45) is 1.78. The van der Waals surface area contributed by atoms with Gasteiger partial charge in [0.05, 0.1) is 0 Å². The van der Waals surface area contributed by atoms with Crippen molar-refractivity contribution in [2.24, 2.45) is 0 Å². The highest BCUT2D eigenvalue weighted by atomic mass is 16.5. The van der Waals surface area contributed by atoms with Gasteiger partial charge in [-0.15, -0.1) is 0 Å². The van der Waals surface area contributed by atoms with Crippen LogP contribution in [0.25, 0.3) is 0 Å². The van der Waals surface area contributed by atoms with Gasteiger partial charge in [0, 0.05) is 18.3 Å². The van der Waals surface area contributed by atoms with Gasteiger partial charge in [0.1, 0.15) is 5.75 Å². The molecule has 2 aromatic rings. The number of nitrogens with zero attached hydrogens (tertiary/aromatic N) is 2. The second-order valence-electron chi connectivity index (χ2n) is 4.97. The van der Waals surface area contributed by atoms with Crippen molar-refractivity contribution in [3.63, 3.8) is 0 Å². The van der Waals surface area contributed by atoms with Crippen LogP contribution in [0.4, 0.5) is 5.95 Å². The third kappa shape index (κ3) is 2.90. The minimum Gasteiger partial charge on any atom is -0.438 e. The van der Waals surface area contributed by atoms with Gasteiger partial charge in [-0.05, 0) is 51.3 Å². The molecular formula is C16H21N3O. The molecule has 0 spiro atoms. The fourth-order valence-electron chi connectivity index (χ4n) is 1.95. The Balaban J connectivity index is 2.39. The lowest BCUT2D eigenvalue weighted by molar-refractivity contribution is 0.451. The minimum absolute atomic E-state index is 0.594. The molecule has 1 aromatic carbocycles. The molecule has 0 amide bonds. The summed E-state index contributed by atoms with van der Waals surface area (Å²) in [5.41, 5.74) is 4.39. The van der Waals surface area contributed by atoms with Crippen molar-refractivity contribution in [2.75, 3.05) is 11.9 Å². The molecule has 0 saturated carbocycles. The molecule has 1 N–H and O–H groups in total. The average Bonchev–Trinajstić information content (AvgIpc) is 2.43. The van der Waals surface area contributed by atoms with Gasteiger partial charge < -0.3 is 10.1 Å². The van der Waals surface area contributed by atoms with Gasteiger partial charge in [0.2, 0.25) is 11.8 Å². The Kier molecular flexibility index (Phi) is 4.23. The fraction of sp³-hybridized carbons (Fsp3) is 0.375. The van der Waals surface area contributed by atoms with Crippen LogP contribution in [0.5, 0.6) is 11.6 Å². The molecular weight excluding hydrogens is 250 g/mol. The van der Waals surface area contributed by atoms with E-state index < -0.39 is 0 Å². The first kappa shape index (κ1) is 14.3. The predicted octanol–water partition coefficient (Wildman–Crippen LogP) is 3.93. The maximum Gasteiger partial charge on any atom is 0.226 e. The molecule has 1 aromatic heterocycles. The van der Waals surface area contributed by atoms with Crippen molar-refractivity contribution in [1.29, 1.82) is 0 Å². The molecule has 0 aliphatic rings. The molecule has 106 valence electrons. The monoisotopic (exact) mass is 271 g/mol. The Morgan fingerprint density at radius 1 is 1.05 bits per heavy atom. The lowest BCUT2D eigenvalue weighted by atomic mass is 10.1. The molecule has 2 rings (SSSR count).